The van der Waals surface area contributed by atoms with Gasteiger partial charge in [-0.3, -0.25) is 14.8 Å². The Morgan fingerprint density at radius 1 is 0.938 bits per heavy atom. The molecule has 0 bridgehead atoms. The van der Waals surface area contributed by atoms with Crippen LogP contribution in [0.25, 0.3) is 11.3 Å². The van der Waals surface area contributed by atoms with Gasteiger partial charge in [-0.15, -0.1) is 0 Å². The van der Waals surface area contributed by atoms with E-state index in [9.17, 15) is 4.79 Å². The number of hydrogen-bond acceptors (Lipinski definition) is 4. The zero-order valence-corrected chi connectivity index (χ0v) is 19.1. The van der Waals surface area contributed by atoms with E-state index in [1.54, 1.807) is 19.1 Å². The Bertz CT molecular complexity index is 1280. The van der Waals surface area contributed by atoms with Crippen molar-refractivity contribution in [2.75, 3.05) is 19.1 Å². The summed E-state index contributed by atoms with van der Waals surface area (Å²) in [6.07, 6.45) is 0. The van der Waals surface area contributed by atoms with Crippen LogP contribution in [0.1, 0.15) is 27.7 Å². The third-order valence-corrected chi connectivity index (χ3v) is 6.17. The van der Waals surface area contributed by atoms with Crippen LogP contribution in [0.3, 0.4) is 0 Å². The SMILES string of the molecule is COc1ccc(-c2n[nH]c3c2C(c2cccc(OC)c2)N(c2ccc(Br)cc2)C3=O)cc1. The number of nitrogens with zero attached hydrogens (tertiary/aromatic N) is 2. The second-order valence-corrected chi connectivity index (χ2v) is 8.34. The van der Waals surface area contributed by atoms with E-state index in [1.807, 2.05) is 72.8 Å². The summed E-state index contributed by atoms with van der Waals surface area (Å²) in [6, 6.07) is 22.8. The summed E-state index contributed by atoms with van der Waals surface area (Å²) in [4.78, 5) is 15.4. The molecule has 0 fully saturated rings. The fourth-order valence-electron chi connectivity index (χ4n) is 4.11. The zero-order chi connectivity index (χ0) is 22.2. The molecule has 0 radical (unpaired) electrons. The fraction of sp³-hybridized carbons (Fsp3) is 0.120. The summed E-state index contributed by atoms with van der Waals surface area (Å²) in [5, 5.41) is 7.51. The molecule has 6 nitrogen and oxygen atoms in total. The number of nitrogens with one attached hydrogen (secondary N) is 1. The average molecular weight is 490 g/mol. The maximum absolute atomic E-state index is 13.6. The van der Waals surface area contributed by atoms with Crippen molar-refractivity contribution in [3.05, 3.63) is 94.1 Å². The molecule has 0 spiro atoms. The van der Waals surface area contributed by atoms with Gasteiger partial charge in [0.05, 0.1) is 26.0 Å². The molecule has 5 rings (SSSR count). The van der Waals surface area contributed by atoms with Gasteiger partial charge in [0.1, 0.15) is 17.2 Å². The summed E-state index contributed by atoms with van der Waals surface area (Å²) >= 11 is 3.48. The molecule has 32 heavy (non-hydrogen) atoms. The smallest absolute Gasteiger partial charge is 0.277 e. The number of fused-ring (bicyclic) bond motifs is 1. The number of rotatable bonds is 5. The minimum atomic E-state index is -0.357. The van der Waals surface area contributed by atoms with Gasteiger partial charge < -0.3 is 9.47 Å². The first kappa shape index (κ1) is 20.3. The molecular weight excluding hydrogens is 470 g/mol. The minimum absolute atomic E-state index is 0.123. The lowest BCUT2D eigenvalue weighted by atomic mass is 9.95. The predicted molar refractivity (Wildman–Crippen MR) is 126 cm³/mol. The summed E-state index contributed by atoms with van der Waals surface area (Å²) in [6.45, 7) is 0. The van der Waals surface area contributed by atoms with Crippen LogP contribution in [0.15, 0.2) is 77.3 Å². The molecule has 1 N–H and O–H groups in total. The Morgan fingerprint density at radius 2 is 1.66 bits per heavy atom. The number of amides is 1. The van der Waals surface area contributed by atoms with E-state index < -0.39 is 0 Å². The molecular formula is C25H20BrN3O3. The summed E-state index contributed by atoms with van der Waals surface area (Å²) in [7, 11) is 3.27. The lowest BCUT2D eigenvalue weighted by Crippen LogP contribution is -2.29. The number of ether oxygens (including phenoxy) is 2. The standard InChI is InChI=1S/C25H20BrN3O3/c1-31-19-12-6-15(7-13-19)22-21-23(28-27-22)25(30)29(18-10-8-17(26)9-11-18)24(21)16-4-3-5-20(14-16)32-2/h3-14,24H,1-2H3,(H,27,28). The maximum atomic E-state index is 13.6. The number of halogens is 1. The number of benzene rings is 3. The van der Waals surface area contributed by atoms with Crippen molar-refractivity contribution in [3.8, 4) is 22.8 Å². The fourth-order valence-corrected chi connectivity index (χ4v) is 4.38. The van der Waals surface area contributed by atoms with E-state index in [0.717, 1.165) is 44.0 Å². The first-order valence-corrected chi connectivity index (χ1v) is 10.9. The molecule has 2 heterocycles. The van der Waals surface area contributed by atoms with Crippen LogP contribution in [0.5, 0.6) is 11.5 Å². The summed E-state index contributed by atoms with van der Waals surface area (Å²) in [5.74, 6) is 1.37. The molecule has 0 aliphatic carbocycles. The van der Waals surface area contributed by atoms with Crippen LogP contribution in [0.4, 0.5) is 5.69 Å². The Balaban J connectivity index is 1.70. The van der Waals surface area contributed by atoms with Crippen molar-refractivity contribution in [2.45, 2.75) is 6.04 Å². The quantitative estimate of drug-likeness (QED) is 0.395. The van der Waals surface area contributed by atoms with E-state index in [2.05, 4.69) is 26.1 Å². The molecule has 0 saturated heterocycles. The highest BCUT2D eigenvalue weighted by molar-refractivity contribution is 9.10. The van der Waals surface area contributed by atoms with Crippen LogP contribution in [-0.4, -0.2) is 30.3 Å². The molecule has 3 aromatic carbocycles. The van der Waals surface area contributed by atoms with Crippen molar-refractivity contribution < 1.29 is 14.3 Å². The number of carbonyl (C=O) groups is 1. The molecule has 1 aliphatic heterocycles. The van der Waals surface area contributed by atoms with Crippen LogP contribution >= 0.6 is 15.9 Å². The molecule has 0 saturated carbocycles. The zero-order valence-electron chi connectivity index (χ0n) is 17.5. The summed E-state index contributed by atoms with van der Waals surface area (Å²) < 4.78 is 11.7. The predicted octanol–water partition coefficient (Wildman–Crippen LogP) is 5.61. The van der Waals surface area contributed by atoms with E-state index >= 15 is 0 Å². The van der Waals surface area contributed by atoms with Gasteiger partial charge in [0.15, 0.2) is 0 Å². The Morgan fingerprint density at radius 3 is 2.34 bits per heavy atom. The molecule has 1 aromatic heterocycles. The van der Waals surface area contributed by atoms with Crippen molar-refractivity contribution >= 4 is 27.5 Å². The number of H-pyrrole nitrogens is 1. The topological polar surface area (TPSA) is 67.5 Å². The van der Waals surface area contributed by atoms with Crippen molar-refractivity contribution in [3.63, 3.8) is 0 Å². The van der Waals surface area contributed by atoms with E-state index in [4.69, 9.17) is 9.47 Å². The van der Waals surface area contributed by atoms with E-state index in [1.165, 1.54) is 0 Å². The number of anilines is 1. The molecule has 160 valence electrons. The van der Waals surface area contributed by atoms with Gasteiger partial charge in [0, 0.05) is 21.3 Å². The number of aromatic nitrogens is 2. The normalized spacial score (nSPS) is 15.0. The highest BCUT2D eigenvalue weighted by atomic mass is 79.9. The number of methoxy groups -OCH3 is 2. The van der Waals surface area contributed by atoms with Crippen molar-refractivity contribution in [1.82, 2.24) is 10.2 Å². The second kappa shape index (κ2) is 8.16. The molecule has 1 aliphatic rings. The molecule has 1 atom stereocenters. The van der Waals surface area contributed by atoms with Gasteiger partial charge in [-0.25, -0.2) is 0 Å². The molecule has 4 aromatic rings. The van der Waals surface area contributed by atoms with Gasteiger partial charge in [-0.05, 0) is 66.2 Å². The number of hydrogen-bond donors (Lipinski definition) is 1. The van der Waals surface area contributed by atoms with Crippen molar-refractivity contribution in [2.24, 2.45) is 0 Å². The Kier molecular flexibility index (Phi) is 5.19. The van der Waals surface area contributed by atoms with Gasteiger partial charge in [0.2, 0.25) is 0 Å². The first-order chi connectivity index (χ1) is 15.6. The first-order valence-electron chi connectivity index (χ1n) is 10.1. The van der Waals surface area contributed by atoms with Gasteiger partial charge in [0.25, 0.3) is 5.91 Å². The Hall–Kier alpha value is -3.58. The van der Waals surface area contributed by atoms with Gasteiger partial charge in [-0.1, -0.05) is 28.1 Å². The largest absolute Gasteiger partial charge is 0.497 e. The maximum Gasteiger partial charge on any atom is 0.277 e. The molecule has 7 heteroatoms. The lowest BCUT2D eigenvalue weighted by molar-refractivity contribution is 0.0988. The number of carbonyl (C=O) groups excluding carboxylic acids is 1. The van der Waals surface area contributed by atoms with Crippen molar-refractivity contribution in [1.29, 1.82) is 0 Å². The highest BCUT2D eigenvalue weighted by Crippen LogP contribution is 2.45. The monoisotopic (exact) mass is 489 g/mol. The third kappa shape index (κ3) is 3.35. The summed E-state index contributed by atoms with van der Waals surface area (Å²) in [5.41, 5.74) is 4.72. The third-order valence-electron chi connectivity index (χ3n) is 5.65. The molecule has 1 amide bonds. The van der Waals surface area contributed by atoms with Crippen LogP contribution in [0, 0.1) is 0 Å². The molecule has 1 unspecified atom stereocenters. The lowest BCUT2D eigenvalue weighted by Gasteiger charge is -2.27. The van der Waals surface area contributed by atoms with Gasteiger partial charge in [-0.2, -0.15) is 5.10 Å². The second-order valence-electron chi connectivity index (χ2n) is 7.42. The van der Waals surface area contributed by atoms with Gasteiger partial charge >= 0.3 is 0 Å². The van der Waals surface area contributed by atoms with E-state index in [-0.39, 0.29) is 11.9 Å². The van der Waals surface area contributed by atoms with E-state index in [0.29, 0.717) is 5.69 Å². The van der Waals surface area contributed by atoms with Crippen LogP contribution in [0.2, 0.25) is 0 Å². The number of aromatic amines is 1. The average Bonchev–Trinajstić information content (AvgIpc) is 3.39. The Labute approximate surface area is 193 Å². The van der Waals surface area contributed by atoms with Crippen LogP contribution < -0.4 is 14.4 Å². The highest BCUT2D eigenvalue weighted by Gasteiger charge is 2.43. The van der Waals surface area contributed by atoms with Crippen LogP contribution in [-0.2, 0) is 0 Å². The minimum Gasteiger partial charge on any atom is -0.497 e.